The van der Waals surface area contributed by atoms with Gasteiger partial charge in [0.15, 0.2) is 0 Å². The highest BCUT2D eigenvalue weighted by molar-refractivity contribution is 6.24. The molecule has 0 saturated heterocycles. The van der Waals surface area contributed by atoms with Crippen molar-refractivity contribution in [1.29, 1.82) is 0 Å². The molecule has 55 heavy (non-hydrogen) atoms. The van der Waals surface area contributed by atoms with E-state index in [9.17, 15) is 0 Å². The molecule has 0 bridgehead atoms. The molecule has 0 fully saturated rings. The van der Waals surface area contributed by atoms with Gasteiger partial charge in [-0.05, 0) is 101 Å². The molecule has 1 nitrogen and oxygen atoms in total. The van der Waals surface area contributed by atoms with Crippen molar-refractivity contribution in [2.24, 2.45) is 0 Å². The van der Waals surface area contributed by atoms with Gasteiger partial charge >= 0.3 is 0 Å². The Morgan fingerprint density at radius 1 is 0.236 bits per heavy atom. The van der Waals surface area contributed by atoms with Gasteiger partial charge in [-0.25, -0.2) is 0 Å². The van der Waals surface area contributed by atoms with Crippen molar-refractivity contribution in [2.75, 3.05) is 0 Å². The predicted octanol–water partition coefficient (Wildman–Crippen LogP) is 15.4. The number of fused-ring (bicyclic) bond motifs is 6. The lowest BCUT2D eigenvalue weighted by Gasteiger charge is -2.19. The minimum Gasteiger partial charge on any atom is -0.455 e. The number of para-hydroxylation sites is 1. The molecule has 0 aliphatic heterocycles. The number of furan rings is 1. The van der Waals surface area contributed by atoms with E-state index in [4.69, 9.17) is 4.42 Å². The summed E-state index contributed by atoms with van der Waals surface area (Å²) in [6, 6.07) is 74.7. The standard InChI is InChI=1S/C54H34O/c1-3-13-35(14-4-1)37-23-27-39(28-24-37)51-45-20-9-10-21-46(45)52(40-29-25-38(26-30-40)36-15-5-2-6-16-36)48-34-42(31-32-47(48)51)53-43-18-8-7-17-41(43)33-49-44-19-11-12-22-50(44)55-54(49)53/h1-34H. The molecule has 0 amide bonds. The van der Waals surface area contributed by atoms with E-state index in [0.717, 1.165) is 33.1 Å². The number of rotatable bonds is 5. The van der Waals surface area contributed by atoms with Gasteiger partial charge in [0.05, 0.1) is 0 Å². The van der Waals surface area contributed by atoms with Crippen molar-refractivity contribution in [2.45, 2.75) is 0 Å². The maximum absolute atomic E-state index is 6.74. The molecule has 1 aromatic heterocycles. The van der Waals surface area contributed by atoms with Crippen LogP contribution in [-0.4, -0.2) is 0 Å². The summed E-state index contributed by atoms with van der Waals surface area (Å²) in [5.41, 5.74) is 13.8. The van der Waals surface area contributed by atoms with E-state index in [-0.39, 0.29) is 0 Å². The Kier molecular flexibility index (Phi) is 7.25. The second-order valence-electron chi connectivity index (χ2n) is 14.4. The summed E-state index contributed by atoms with van der Waals surface area (Å²) >= 11 is 0. The Balaban J connectivity index is 1.21. The van der Waals surface area contributed by atoms with E-state index < -0.39 is 0 Å². The average Bonchev–Trinajstić information content (AvgIpc) is 3.63. The molecule has 1 heterocycles. The van der Waals surface area contributed by atoms with Crippen molar-refractivity contribution >= 4 is 54.3 Å². The Hall–Kier alpha value is -7.22. The minimum absolute atomic E-state index is 0.904. The van der Waals surface area contributed by atoms with E-state index in [1.807, 2.05) is 0 Å². The molecular formula is C54H34O. The minimum atomic E-state index is 0.904. The van der Waals surface area contributed by atoms with Gasteiger partial charge in [0.25, 0.3) is 0 Å². The number of benzene rings is 10. The van der Waals surface area contributed by atoms with E-state index in [1.165, 1.54) is 76.8 Å². The zero-order chi connectivity index (χ0) is 36.3. The summed E-state index contributed by atoms with van der Waals surface area (Å²) in [4.78, 5) is 0. The summed E-state index contributed by atoms with van der Waals surface area (Å²) in [5.74, 6) is 0. The van der Waals surface area contributed by atoms with Crippen LogP contribution in [0, 0.1) is 0 Å². The first-order valence-corrected chi connectivity index (χ1v) is 18.9. The van der Waals surface area contributed by atoms with Crippen LogP contribution in [0.4, 0.5) is 0 Å². The molecule has 0 N–H and O–H groups in total. The SMILES string of the molecule is c1ccc(-c2ccc(-c3c4ccccc4c(-c4ccc(-c5ccccc5)cc4)c4cc(-c5c6ccccc6cc6c5oc5ccccc56)ccc34)cc2)cc1. The molecule has 11 aromatic rings. The number of hydrogen-bond donors (Lipinski definition) is 0. The zero-order valence-electron chi connectivity index (χ0n) is 30.0. The normalized spacial score (nSPS) is 11.6. The Morgan fingerprint density at radius 3 is 1.29 bits per heavy atom. The van der Waals surface area contributed by atoms with Gasteiger partial charge in [-0.3, -0.25) is 0 Å². The van der Waals surface area contributed by atoms with E-state index in [1.54, 1.807) is 0 Å². The molecule has 0 aliphatic carbocycles. The summed E-state index contributed by atoms with van der Waals surface area (Å²) in [6.07, 6.45) is 0. The Bertz CT molecular complexity index is 3210. The molecule has 0 aliphatic rings. The van der Waals surface area contributed by atoms with E-state index in [0.29, 0.717) is 0 Å². The molecule has 0 saturated carbocycles. The molecule has 1 heteroatoms. The second kappa shape index (κ2) is 12.7. The van der Waals surface area contributed by atoms with Gasteiger partial charge in [-0.2, -0.15) is 0 Å². The quantitative estimate of drug-likeness (QED) is 0.163. The summed E-state index contributed by atoms with van der Waals surface area (Å²) in [7, 11) is 0. The molecule has 0 spiro atoms. The zero-order valence-corrected chi connectivity index (χ0v) is 30.0. The van der Waals surface area contributed by atoms with Crippen LogP contribution < -0.4 is 0 Å². The third-order valence-electron chi connectivity index (χ3n) is 11.3. The van der Waals surface area contributed by atoms with Gasteiger partial charge in [0, 0.05) is 16.3 Å². The van der Waals surface area contributed by atoms with Crippen LogP contribution in [0.15, 0.2) is 211 Å². The molecule has 11 rings (SSSR count). The van der Waals surface area contributed by atoms with E-state index >= 15 is 0 Å². The fourth-order valence-electron chi connectivity index (χ4n) is 8.69. The third kappa shape index (κ3) is 5.16. The summed E-state index contributed by atoms with van der Waals surface area (Å²) in [6.45, 7) is 0. The molecule has 256 valence electrons. The van der Waals surface area contributed by atoms with Gasteiger partial charge in [-0.1, -0.05) is 188 Å². The first-order chi connectivity index (χ1) is 27.3. The van der Waals surface area contributed by atoms with Crippen LogP contribution in [0.5, 0.6) is 0 Å². The summed E-state index contributed by atoms with van der Waals surface area (Å²) < 4.78 is 6.74. The van der Waals surface area contributed by atoms with Crippen LogP contribution in [0.3, 0.4) is 0 Å². The van der Waals surface area contributed by atoms with E-state index in [2.05, 4.69) is 206 Å². The smallest absolute Gasteiger partial charge is 0.143 e. The lowest BCUT2D eigenvalue weighted by molar-refractivity contribution is 0.670. The first kappa shape index (κ1) is 31.3. The fourth-order valence-corrected chi connectivity index (χ4v) is 8.69. The van der Waals surface area contributed by atoms with Crippen LogP contribution in [-0.2, 0) is 0 Å². The van der Waals surface area contributed by atoms with Gasteiger partial charge in [0.1, 0.15) is 11.2 Å². The second-order valence-corrected chi connectivity index (χ2v) is 14.4. The maximum Gasteiger partial charge on any atom is 0.143 e. The molecule has 0 unspecified atom stereocenters. The highest BCUT2D eigenvalue weighted by Gasteiger charge is 2.21. The van der Waals surface area contributed by atoms with Crippen molar-refractivity contribution in [3.8, 4) is 55.6 Å². The Labute approximate surface area is 319 Å². The predicted molar refractivity (Wildman–Crippen MR) is 233 cm³/mol. The number of hydrogen-bond acceptors (Lipinski definition) is 1. The topological polar surface area (TPSA) is 13.1 Å². The van der Waals surface area contributed by atoms with Crippen LogP contribution in [0.25, 0.3) is 110 Å². The molecule has 0 atom stereocenters. The fraction of sp³-hybridized carbons (Fsp3) is 0. The average molecular weight is 699 g/mol. The largest absolute Gasteiger partial charge is 0.455 e. The first-order valence-electron chi connectivity index (χ1n) is 18.9. The van der Waals surface area contributed by atoms with Crippen LogP contribution in [0.2, 0.25) is 0 Å². The maximum atomic E-state index is 6.74. The van der Waals surface area contributed by atoms with Crippen molar-refractivity contribution in [3.63, 3.8) is 0 Å². The highest BCUT2D eigenvalue weighted by atomic mass is 16.3. The van der Waals surface area contributed by atoms with Crippen LogP contribution >= 0.6 is 0 Å². The lowest BCUT2D eigenvalue weighted by Crippen LogP contribution is -1.92. The molecule has 0 radical (unpaired) electrons. The molecule has 10 aromatic carbocycles. The summed E-state index contributed by atoms with van der Waals surface area (Å²) in [5, 5.41) is 9.55. The highest BCUT2D eigenvalue weighted by Crippen LogP contribution is 2.47. The Morgan fingerprint density at radius 2 is 0.673 bits per heavy atom. The van der Waals surface area contributed by atoms with Crippen molar-refractivity contribution in [3.05, 3.63) is 206 Å². The molecular weight excluding hydrogens is 665 g/mol. The monoisotopic (exact) mass is 698 g/mol. The van der Waals surface area contributed by atoms with Gasteiger partial charge < -0.3 is 4.42 Å². The third-order valence-corrected chi connectivity index (χ3v) is 11.3. The van der Waals surface area contributed by atoms with Gasteiger partial charge in [-0.15, -0.1) is 0 Å². The van der Waals surface area contributed by atoms with Crippen molar-refractivity contribution < 1.29 is 4.42 Å². The van der Waals surface area contributed by atoms with Crippen LogP contribution in [0.1, 0.15) is 0 Å². The van der Waals surface area contributed by atoms with Crippen molar-refractivity contribution in [1.82, 2.24) is 0 Å². The van der Waals surface area contributed by atoms with Gasteiger partial charge in [0.2, 0.25) is 0 Å². The lowest BCUT2D eigenvalue weighted by atomic mass is 9.84.